The van der Waals surface area contributed by atoms with Crippen LogP contribution >= 0.6 is 0 Å². The number of aromatic amines is 1. The Morgan fingerprint density at radius 2 is 2.15 bits per heavy atom. The molecular weight excluding hydrogens is 282 g/mol. The van der Waals surface area contributed by atoms with Crippen molar-refractivity contribution < 1.29 is 13.5 Å². The Morgan fingerprint density at radius 1 is 1.40 bits per heavy atom. The minimum atomic E-state index is -3.81. The first-order valence-corrected chi connectivity index (χ1v) is 7.35. The van der Waals surface area contributed by atoms with Crippen LogP contribution in [-0.4, -0.2) is 33.7 Å². The highest BCUT2D eigenvalue weighted by atomic mass is 32.2. The van der Waals surface area contributed by atoms with Crippen molar-refractivity contribution in [3.05, 3.63) is 35.0 Å². The van der Waals surface area contributed by atoms with Gasteiger partial charge in [0.1, 0.15) is 5.82 Å². The normalized spacial score (nSPS) is 11.8. The third kappa shape index (κ3) is 3.00. The van der Waals surface area contributed by atoms with Crippen LogP contribution < -0.4 is 4.72 Å². The van der Waals surface area contributed by atoms with Crippen LogP contribution in [0.3, 0.4) is 0 Å². The van der Waals surface area contributed by atoms with Gasteiger partial charge in [0.25, 0.3) is 10.0 Å². The minimum absolute atomic E-state index is 0.0302. The number of rotatable bonds is 5. The lowest BCUT2D eigenvalue weighted by Gasteiger charge is -2.06. The lowest BCUT2D eigenvalue weighted by atomic mass is 10.3. The summed E-state index contributed by atoms with van der Waals surface area (Å²) in [6.07, 6.45) is 1.56. The average Bonchev–Trinajstić information content (AvgIpc) is 2.78. The Morgan fingerprint density at radius 3 is 2.80 bits per heavy atom. The fourth-order valence-corrected chi connectivity index (χ4v) is 2.86. The standard InChI is InChI=1S/C11H15N5O3S/c1-7-10(6-17)11(16-15-7)20(18,19)13-5-9-3-4-12-8(2)14-9/h3-4,13,17H,5-6H2,1-2H3,(H,15,16). The second-order valence-electron chi connectivity index (χ2n) is 4.21. The van der Waals surface area contributed by atoms with Crippen LogP contribution in [0.4, 0.5) is 0 Å². The van der Waals surface area contributed by atoms with E-state index in [1.165, 1.54) is 0 Å². The van der Waals surface area contributed by atoms with Crippen molar-refractivity contribution in [1.82, 2.24) is 24.9 Å². The number of hydrogen-bond donors (Lipinski definition) is 3. The maximum Gasteiger partial charge on any atom is 0.260 e. The molecule has 9 heteroatoms. The van der Waals surface area contributed by atoms with E-state index in [4.69, 9.17) is 0 Å². The van der Waals surface area contributed by atoms with Crippen LogP contribution in [0.15, 0.2) is 17.3 Å². The number of aromatic nitrogens is 4. The lowest BCUT2D eigenvalue weighted by molar-refractivity contribution is 0.277. The van der Waals surface area contributed by atoms with Crippen LogP contribution in [0.5, 0.6) is 0 Å². The van der Waals surface area contributed by atoms with Gasteiger partial charge < -0.3 is 5.11 Å². The molecule has 0 atom stereocenters. The molecule has 8 nitrogen and oxygen atoms in total. The molecule has 0 aliphatic rings. The van der Waals surface area contributed by atoms with Crippen molar-refractivity contribution in [2.75, 3.05) is 0 Å². The molecule has 2 rings (SSSR count). The Balaban J connectivity index is 2.19. The van der Waals surface area contributed by atoms with Crippen molar-refractivity contribution in [2.24, 2.45) is 0 Å². The van der Waals surface area contributed by atoms with E-state index in [2.05, 4.69) is 24.9 Å². The van der Waals surface area contributed by atoms with E-state index >= 15 is 0 Å². The Labute approximate surface area is 116 Å². The maximum atomic E-state index is 12.1. The van der Waals surface area contributed by atoms with Crippen LogP contribution in [0.1, 0.15) is 22.8 Å². The van der Waals surface area contributed by atoms with Gasteiger partial charge in [-0.05, 0) is 19.9 Å². The van der Waals surface area contributed by atoms with E-state index in [0.29, 0.717) is 17.2 Å². The number of aliphatic hydroxyl groups excluding tert-OH is 1. The average molecular weight is 297 g/mol. The fourth-order valence-electron chi connectivity index (χ4n) is 1.68. The number of aryl methyl sites for hydroxylation is 2. The fraction of sp³-hybridized carbons (Fsp3) is 0.364. The molecule has 108 valence electrons. The number of nitrogens with zero attached hydrogens (tertiary/aromatic N) is 3. The molecule has 3 N–H and O–H groups in total. The monoisotopic (exact) mass is 297 g/mol. The van der Waals surface area contributed by atoms with E-state index in [1.54, 1.807) is 26.1 Å². The van der Waals surface area contributed by atoms with Gasteiger partial charge in [-0.3, -0.25) is 5.10 Å². The predicted octanol–water partition coefficient (Wildman–Crippen LogP) is -0.213. The smallest absolute Gasteiger partial charge is 0.260 e. The van der Waals surface area contributed by atoms with Crippen molar-refractivity contribution in [1.29, 1.82) is 0 Å². The zero-order chi connectivity index (χ0) is 14.8. The third-order valence-electron chi connectivity index (χ3n) is 2.73. The summed E-state index contributed by atoms with van der Waals surface area (Å²) >= 11 is 0. The summed E-state index contributed by atoms with van der Waals surface area (Å²) in [7, 11) is -3.81. The van der Waals surface area contributed by atoms with Gasteiger partial charge in [-0.2, -0.15) is 5.10 Å². The summed E-state index contributed by atoms with van der Waals surface area (Å²) in [5, 5.41) is 15.3. The molecule has 0 unspecified atom stereocenters. The molecule has 0 fully saturated rings. The quantitative estimate of drug-likeness (QED) is 0.702. The van der Waals surface area contributed by atoms with Crippen LogP contribution in [0.2, 0.25) is 0 Å². The zero-order valence-electron chi connectivity index (χ0n) is 11.1. The molecule has 2 aromatic heterocycles. The van der Waals surface area contributed by atoms with Crippen LogP contribution in [0, 0.1) is 13.8 Å². The molecule has 20 heavy (non-hydrogen) atoms. The molecule has 0 saturated heterocycles. The van der Waals surface area contributed by atoms with E-state index in [0.717, 1.165) is 0 Å². The molecule has 0 bridgehead atoms. The number of nitrogens with one attached hydrogen (secondary N) is 2. The molecule has 0 aromatic carbocycles. The van der Waals surface area contributed by atoms with E-state index in [9.17, 15) is 13.5 Å². The number of aliphatic hydroxyl groups is 1. The Hall–Kier alpha value is -1.84. The van der Waals surface area contributed by atoms with Crippen molar-refractivity contribution >= 4 is 10.0 Å². The van der Waals surface area contributed by atoms with Gasteiger partial charge in [-0.15, -0.1) is 0 Å². The molecule has 0 saturated carbocycles. The maximum absolute atomic E-state index is 12.1. The molecule has 2 aromatic rings. The summed E-state index contributed by atoms with van der Waals surface area (Å²) in [6.45, 7) is 3.00. The van der Waals surface area contributed by atoms with Crippen LogP contribution in [0.25, 0.3) is 0 Å². The Bertz CT molecular complexity index is 711. The first-order chi connectivity index (χ1) is 9.44. The van der Waals surface area contributed by atoms with Gasteiger partial charge in [0.2, 0.25) is 0 Å². The molecule has 0 aliphatic heterocycles. The molecule has 2 heterocycles. The van der Waals surface area contributed by atoms with Crippen molar-refractivity contribution in [3.63, 3.8) is 0 Å². The summed E-state index contributed by atoms with van der Waals surface area (Å²) in [5.41, 5.74) is 1.33. The zero-order valence-corrected chi connectivity index (χ0v) is 11.9. The second kappa shape index (κ2) is 5.65. The highest BCUT2D eigenvalue weighted by Crippen LogP contribution is 2.16. The van der Waals surface area contributed by atoms with Crippen LogP contribution in [-0.2, 0) is 23.2 Å². The predicted molar refractivity (Wildman–Crippen MR) is 70.0 cm³/mol. The van der Waals surface area contributed by atoms with Gasteiger partial charge >= 0.3 is 0 Å². The van der Waals surface area contributed by atoms with Crippen molar-refractivity contribution in [2.45, 2.75) is 32.0 Å². The molecule has 0 aliphatic carbocycles. The largest absolute Gasteiger partial charge is 0.392 e. The SMILES string of the molecule is Cc1nccc(CNS(=O)(=O)c2n[nH]c(C)c2CO)n1. The molecule has 0 spiro atoms. The minimum Gasteiger partial charge on any atom is -0.392 e. The third-order valence-corrected chi connectivity index (χ3v) is 4.10. The molecule has 0 radical (unpaired) electrons. The summed E-state index contributed by atoms with van der Waals surface area (Å²) in [6, 6.07) is 1.62. The topological polar surface area (TPSA) is 121 Å². The molecule has 0 amide bonds. The highest BCUT2D eigenvalue weighted by Gasteiger charge is 2.23. The van der Waals surface area contributed by atoms with Gasteiger partial charge in [-0.1, -0.05) is 0 Å². The van der Waals surface area contributed by atoms with E-state index in [-0.39, 0.29) is 17.1 Å². The first-order valence-electron chi connectivity index (χ1n) is 5.87. The van der Waals surface area contributed by atoms with Gasteiger partial charge in [0.05, 0.1) is 18.8 Å². The van der Waals surface area contributed by atoms with E-state index in [1.807, 2.05) is 0 Å². The van der Waals surface area contributed by atoms with Gasteiger partial charge in [0, 0.05) is 17.5 Å². The summed E-state index contributed by atoms with van der Waals surface area (Å²) in [5.74, 6) is 0.563. The number of H-pyrrole nitrogens is 1. The summed E-state index contributed by atoms with van der Waals surface area (Å²) in [4.78, 5) is 8.04. The van der Waals surface area contributed by atoms with Crippen molar-refractivity contribution in [3.8, 4) is 0 Å². The Kier molecular flexibility index (Phi) is 4.12. The summed E-state index contributed by atoms with van der Waals surface area (Å²) < 4.78 is 26.7. The highest BCUT2D eigenvalue weighted by molar-refractivity contribution is 7.89. The number of sulfonamides is 1. The van der Waals surface area contributed by atoms with Gasteiger partial charge in [0.15, 0.2) is 5.03 Å². The first kappa shape index (κ1) is 14.6. The number of hydrogen-bond acceptors (Lipinski definition) is 6. The second-order valence-corrected chi connectivity index (χ2v) is 5.89. The lowest BCUT2D eigenvalue weighted by Crippen LogP contribution is -2.25. The molecular formula is C11H15N5O3S. The van der Waals surface area contributed by atoms with Gasteiger partial charge in [-0.25, -0.2) is 23.1 Å². The van der Waals surface area contributed by atoms with E-state index < -0.39 is 16.6 Å².